The minimum Gasteiger partial charge on any atom is -0.374 e. The molecule has 4 nitrogen and oxygen atoms in total. The summed E-state index contributed by atoms with van der Waals surface area (Å²) in [7, 11) is 0. The Bertz CT molecular complexity index is 325. The van der Waals surface area contributed by atoms with Crippen molar-refractivity contribution in [3.63, 3.8) is 0 Å². The second kappa shape index (κ2) is 4.62. The lowest BCUT2D eigenvalue weighted by molar-refractivity contribution is -0.121. The van der Waals surface area contributed by atoms with Crippen LogP contribution in [-0.2, 0) is 4.79 Å². The summed E-state index contributed by atoms with van der Waals surface area (Å²) in [6.07, 6.45) is 0. The maximum absolute atomic E-state index is 11.1. The summed E-state index contributed by atoms with van der Waals surface area (Å²) in [5.41, 5.74) is 4.15. The molecule has 1 rings (SSSR count). The molecule has 1 unspecified atom stereocenters. The molecule has 0 saturated carbocycles. The fourth-order valence-corrected chi connectivity index (χ4v) is 1.16. The highest BCUT2D eigenvalue weighted by Crippen LogP contribution is 2.13. The van der Waals surface area contributed by atoms with Crippen LogP contribution in [0, 0.1) is 6.92 Å². The van der Waals surface area contributed by atoms with Gasteiger partial charge in [-0.1, -0.05) is 18.2 Å². The standard InChI is InChI=1S/C10H15N3O/c1-7-5-3-4-6-9(7)12-8(2)10(14)13-11/h3-6,8,12H,11H2,1-2H3,(H,13,14). The van der Waals surface area contributed by atoms with E-state index in [0.29, 0.717) is 0 Å². The molecule has 4 N–H and O–H groups in total. The zero-order chi connectivity index (χ0) is 10.6. The molecule has 0 aliphatic carbocycles. The Labute approximate surface area is 83.5 Å². The van der Waals surface area contributed by atoms with E-state index in [1.165, 1.54) is 0 Å². The first kappa shape index (κ1) is 10.5. The lowest BCUT2D eigenvalue weighted by atomic mass is 10.2. The minimum atomic E-state index is -0.332. The third-order valence-corrected chi connectivity index (χ3v) is 2.05. The largest absolute Gasteiger partial charge is 0.374 e. The van der Waals surface area contributed by atoms with Gasteiger partial charge in [0.2, 0.25) is 0 Å². The fraction of sp³-hybridized carbons (Fsp3) is 0.300. The molecule has 0 aliphatic rings. The summed E-state index contributed by atoms with van der Waals surface area (Å²) in [5, 5.41) is 3.07. The minimum absolute atomic E-state index is 0.228. The molecule has 0 bridgehead atoms. The number of carbonyl (C=O) groups is 1. The first-order valence-corrected chi connectivity index (χ1v) is 4.47. The van der Waals surface area contributed by atoms with Gasteiger partial charge >= 0.3 is 0 Å². The number of carbonyl (C=O) groups excluding carboxylic acids is 1. The van der Waals surface area contributed by atoms with Crippen molar-refractivity contribution in [3.8, 4) is 0 Å². The van der Waals surface area contributed by atoms with Crippen LogP contribution < -0.4 is 16.6 Å². The van der Waals surface area contributed by atoms with Crippen LogP contribution in [0.3, 0.4) is 0 Å². The second-order valence-corrected chi connectivity index (χ2v) is 3.19. The van der Waals surface area contributed by atoms with Crippen LogP contribution in [0.4, 0.5) is 5.69 Å². The molecule has 1 aromatic rings. The fourth-order valence-electron chi connectivity index (χ4n) is 1.16. The number of aryl methyl sites for hydroxylation is 1. The zero-order valence-electron chi connectivity index (χ0n) is 8.37. The topological polar surface area (TPSA) is 67.2 Å². The number of anilines is 1. The van der Waals surface area contributed by atoms with E-state index in [9.17, 15) is 4.79 Å². The van der Waals surface area contributed by atoms with Crippen LogP contribution in [-0.4, -0.2) is 11.9 Å². The monoisotopic (exact) mass is 193 g/mol. The van der Waals surface area contributed by atoms with Crippen molar-refractivity contribution in [2.24, 2.45) is 5.84 Å². The summed E-state index contributed by atoms with van der Waals surface area (Å²) in [6, 6.07) is 7.45. The molecular formula is C10H15N3O. The van der Waals surface area contributed by atoms with Gasteiger partial charge in [0.15, 0.2) is 0 Å². The van der Waals surface area contributed by atoms with Gasteiger partial charge in [-0.3, -0.25) is 10.2 Å². The van der Waals surface area contributed by atoms with Gasteiger partial charge in [0.05, 0.1) is 0 Å². The lowest BCUT2D eigenvalue weighted by Crippen LogP contribution is -2.41. The van der Waals surface area contributed by atoms with Gasteiger partial charge in [0.1, 0.15) is 6.04 Å². The van der Waals surface area contributed by atoms with E-state index < -0.39 is 0 Å². The average molecular weight is 193 g/mol. The molecular weight excluding hydrogens is 178 g/mol. The van der Waals surface area contributed by atoms with E-state index in [4.69, 9.17) is 5.84 Å². The highest BCUT2D eigenvalue weighted by atomic mass is 16.2. The number of hydrogen-bond acceptors (Lipinski definition) is 3. The molecule has 0 aromatic heterocycles. The Balaban J connectivity index is 2.69. The second-order valence-electron chi connectivity index (χ2n) is 3.19. The highest BCUT2D eigenvalue weighted by Gasteiger charge is 2.10. The Kier molecular flexibility index (Phi) is 3.48. The molecule has 1 atom stereocenters. The van der Waals surface area contributed by atoms with Crippen molar-refractivity contribution < 1.29 is 4.79 Å². The predicted octanol–water partition coefficient (Wildman–Crippen LogP) is 0.785. The van der Waals surface area contributed by atoms with Crippen LogP contribution in [0.2, 0.25) is 0 Å². The van der Waals surface area contributed by atoms with Crippen molar-refractivity contribution in [2.45, 2.75) is 19.9 Å². The van der Waals surface area contributed by atoms with Gasteiger partial charge in [0, 0.05) is 5.69 Å². The normalized spacial score (nSPS) is 11.9. The summed E-state index contributed by atoms with van der Waals surface area (Å²) in [6.45, 7) is 3.74. The van der Waals surface area contributed by atoms with E-state index in [0.717, 1.165) is 11.3 Å². The van der Waals surface area contributed by atoms with Crippen LogP contribution in [0.15, 0.2) is 24.3 Å². The van der Waals surface area contributed by atoms with Gasteiger partial charge < -0.3 is 5.32 Å². The smallest absolute Gasteiger partial charge is 0.256 e. The molecule has 1 aromatic carbocycles. The van der Waals surface area contributed by atoms with E-state index in [2.05, 4.69) is 10.7 Å². The molecule has 0 radical (unpaired) electrons. The Morgan fingerprint density at radius 1 is 1.43 bits per heavy atom. The molecule has 0 spiro atoms. The maximum atomic E-state index is 11.1. The summed E-state index contributed by atoms with van der Waals surface area (Å²) in [5.74, 6) is 4.80. The number of hydrogen-bond donors (Lipinski definition) is 3. The number of amides is 1. The molecule has 76 valence electrons. The first-order chi connectivity index (χ1) is 6.65. The van der Waals surface area contributed by atoms with Crippen molar-refractivity contribution in [1.29, 1.82) is 0 Å². The number of para-hydroxylation sites is 1. The van der Waals surface area contributed by atoms with E-state index in [-0.39, 0.29) is 11.9 Å². The van der Waals surface area contributed by atoms with E-state index in [1.54, 1.807) is 6.92 Å². The lowest BCUT2D eigenvalue weighted by Gasteiger charge is -2.14. The van der Waals surface area contributed by atoms with Crippen molar-refractivity contribution in [1.82, 2.24) is 5.43 Å². The third-order valence-electron chi connectivity index (χ3n) is 2.05. The number of benzene rings is 1. The highest BCUT2D eigenvalue weighted by molar-refractivity contribution is 5.83. The van der Waals surface area contributed by atoms with Crippen molar-refractivity contribution >= 4 is 11.6 Å². The Hall–Kier alpha value is -1.55. The molecule has 0 aliphatic heterocycles. The molecule has 0 saturated heterocycles. The SMILES string of the molecule is Cc1ccccc1NC(C)C(=O)NN. The van der Waals surface area contributed by atoms with Gasteiger partial charge in [-0.15, -0.1) is 0 Å². The van der Waals surface area contributed by atoms with Crippen molar-refractivity contribution in [2.75, 3.05) is 5.32 Å². The molecule has 4 heteroatoms. The van der Waals surface area contributed by atoms with E-state index >= 15 is 0 Å². The first-order valence-electron chi connectivity index (χ1n) is 4.47. The molecule has 1 amide bonds. The van der Waals surface area contributed by atoms with Crippen LogP contribution in [0.1, 0.15) is 12.5 Å². The van der Waals surface area contributed by atoms with Gasteiger partial charge in [-0.2, -0.15) is 0 Å². The van der Waals surface area contributed by atoms with Crippen molar-refractivity contribution in [3.05, 3.63) is 29.8 Å². The molecule has 0 heterocycles. The Morgan fingerprint density at radius 3 is 2.64 bits per heavy atom. The predicted molar refractivity (Wildman–Crippen MR) is 56.6 cm³/mol. The summed E-state index contributed by atoms with van der Waals surface area (Å²) < 4.78 is 0. The van der Waals surface area contributed by atoms with Crippen LogP contribution >= 0.6 is 0 Å². The number of hydrazine groups is 1. The average Bonchev–Trinajstić information content (AvgIpc) is 2.20. The van der Waals surface area contributed by atoms with Gasteiger partial charge in [-0.25, -0.2) is 5.84 Å². The number of nitrogens with two attached hydrogens (primary N) is 1. The third kappa shape index (κ3) is 2.47. The molecule has 0 fully saturated rings. The van der Waals surface area contributed by atoms with Gasteiger partial charge in [-0.05, 0) is 25.5 Å². The quantitative estimate of drug-likeness (QED) is 0.377. The number of nitrogens with one attached hydrogen (secondary N) is 2. The zero-order valence-corrected chi connectivity index (χ0v) is 8.37. The Morgan fingerprint density at radius 2 is 2.07 bits per heavy atom. The van der Waals surface area contributed by atoms with Crippen LogP contribution in [0.25, 0.3) is 0 Å². The number of rotatable bonds is 3. The van der Waals surface area contributed by atoms with Crippen LogP contribution in [0.5, 0.6) is 0 Å². The summed E-state index contributed by atoms with van der Waals surface area (Å²) >= 11 is 0. The van der Waals surface area contributed by atoms with Gasteiger partial charge in [0.25, 0.3) is 5.91 Å². The maximum Gasteiger partial charge on any atom is 0.256 e. The molecule has 14 heavy (non-hydrogen) atoms. The van der Waals surface area contributed by atoms with E-state index in [1.807, 2.05) is 31.2 Å². The summed E-state index contributed by atoms with van der Waals surface area (Å²) in [4.78, 5) is 11.1.